The summed E-state index contributed by atoms with van der Waals surface area (Å²) in [5.41, 5.74) is 0.145. The first-order valence-corrected chi connectivity index (χ1v) is 7.13. The molecule has 0 unspecified atom stereocenters. The number of H-pyrrole nitrogens is 1. The zero-order valence-corrected chi connectivity index (χ0v) is 11.9. The molecular formula is C15H16N4O3. The lowest BCUT2D eigenvalue weighted by Gasteiger charge is -2.31. The lowest BCUT2D eigenvalue weighted by atomic mass is 10.1. The maximum Gasteiger partial charge on any atom is 0.254 e. The van der Waals surface area contributed by atoms with Crippen molar-refractivity contribution in [3.63, 3.8) is 0 Å². The van der Waals surface area contributed by atoms with Gasteiger partial charge in [0.25, 0.3) is 5.91 Å². The van der Waals surface area contributed by atoms with Gasteiger partial charge in [-0.2, -0.15) is 0 Å². The van der Waals surface area contributed by atoms with E-state index in [9.17, 15) is 9.59 Å². The van der Waals surface area contributed by atoms with Crippen LogP contribution in [0.3, 0.4) is 0 Å². The Kier molecular flexibility index (Phi) is 4.13. The Labute approximate surface area is 127 Å². The van der Waals surface area contributed by atoms with Crippen LogP contribution in [-0.4, -0.2) is 45.0 Å². The summed E-state index contributed by atoms with van der Waals surface area (Å²) in [6.45, 7) is 1.20. The summed E-state index contributed by atoms with van der Waals surface area (Å²) < 4.78 is 5.76. The Bertz CT molecular complexity index is 693. The van der Waals surface area contributed by atoms with Crippen molar-refractivity contribution < 1.29 is 9.53 Å². The van der Waals surface area contributed by atoms with E-state index in [-0.39, 0.29) is 17.6 Å². The minimum absolute atomic E-state index is 0.0399. The van der Waals surface area contributed by atoms with Gasteiger partial charge in [-0.1, -0.05) is 0 Å². The molecule has 1 aliphatic heterocycles. The number of hydrogen-bond acceptors (Lipinski definition) is 5. The van der Waals surface area contributed by atoms with E-state index >= 15 is 0 Å². The minimum atomic E-state index is -0.271. The van der Waals surface area contributed by atoms with Gasteiger partial charge in [0.2, 0.25) is 11.4 Å². The maximum absolute atomic E-state index is 12.3. The molecule has 0 aliphatic carbocycles. The van der Waals surface area contributed by atoms with Gasteiger partial charge >= 0.3 is 0 Å². The predicted molar refractivity (Wildman–Crippen MR) is 78.6 cm³/mol. The smallest absolute Gasteiger partial charge is 0.254 e. The highest BCUT2D eigenvalue weighted by Gasteiger charge is 2.25. The topological polar surface area (TPSA) is 88.2 Å². The van der Waals surface area contributed by atoms with E-state index in [0.717, 1.165) is 12.8 Å². The normalized spacial score (nSPS) is 15.5. The van der Waals surface area contributed by atoms with Gasteiger partial charge in [0.15, 0.2) is 0 Å². The first-order valence-electron chi connectivity index (χ1n) is 7.13. The van der Waals surface area contributed by atoms with Gasteiger partial charge in [-0.15, -0.1) is 0 Å². The molecule has 2 aromatic heterocycles. The Morgan fingerprint density at radius 3 is 2.82 bits per heavy atom. The zero-order chi connectivity index (χ0) is 15.4. The van der Waals surface area contributed by atoms with Crippen molar-refractivity contribution in [2.75, 3.05) is 13.1 Å². The third kappa shape index (κ3) is 3.30. The minimum Gasteiger partial charge on any atom is -0.474 e. The summed E-state index contributed by atoms with van der Waals surface area (Å²) in [6, 6.07) is 4.66. The predicted octanol–water partition coefficient (Wildman–Crippen LogP) is 0.849. The molecule has 0 aromatic carbocycles. The van der Waals surface area contributed by atoms with Gasteiger partial charge in [-0.25, -0.2) is 9.97 Å². The number of aromatic nitrogens is 3. The van der Waals surface area contributed by atoms with Crippen LogP contribution >= 0.6 is 0 Å². The number of aromatic amines is 1. The van der Waals surface area contributed by atoms with Gasteiger partial charge in [0, 0.05) is 56.0 Å². The Morgan fingerprint density at radius 2 is 2.14 bits per heavy atom. The van der Waals surface area contributed by atoms with E-state index in [0.29, 0.717) is 24.5 Å². The molecule has 0 bridgehead atoms. The fourth-order valence-corrected chi connectivity index (χ4v) is 2.46. The van der Waals surface area contributed by atoms with Crippen molar-refractivity contribution in [1.29, 1.82) is 0 Å². The Morgan fingerprint density at radius 1 is 1.32 bits per heavy atom. The van der Waals surface area contributed by atoms with E-state index in [1.165, 1.54) is 18.6 Å². The van der Waals surface area contributed by atoms with Crippen molar-refractivity contribution in [2.45, 2.75) is 18.9 Å². The van der Waals surface area contributed by atoms with Crippen LogP contribution in [0.25, 0.3) is 0 Å². The molecule has 1 aliphatic rings. The average molecular weight is 300 g/mol. The number of rotatable bonds is 3. The second-order valence-electron chi connectivity index (χ2n) is 5.10. The molecule has 7 heteroatoms. The number of amides is 1. The van der Waals surface area contributed by atoms with E-state index in [2.05, 4.69) is 15.0 Å². The van der Waals surface area contributed by atoms with Crippen LogP contribution in [0.15, 0.2) is 41.7 Å². The molecule has 1 fully saturated rings. The summed E-state index contributed by atoms with van der Waals surface area (Å²) in [5, 5.41) is 0. The maximum atomic E-state index is 12.3. The Balaban J connectivity index is 1.57. The highest BCUT2D eigenvalue weighted by atomic mass is 16.5. The third-order valence-electron chi connectivity index (χ3n) is 3.59. The van der Waals surface area contributed by atoms with Crippen LogP contribution in [0.4, 0.5) is 0 Å². The second kappa shape index (κ2) is 6.38. The van der Waals surface area contributed by atoms with Crippen molar-refractivity contribution in [1.82, 2.24) is 19.9 Å². The summed E-state index contributed by atoms with van der Waals surface area (Å²) in [7, 11) is 0. The van der Waals surface area contributed by atoms with Crippen molar-refractivity contribution in [2.24, 2.45) is 0 Å². The molecule has 0 spiro atoms. The number of carbonyl (C=O) groups excluding carboxylic acids is 1. The van der Waals surface area contributed by atoms with Crippen LogP contribution in [0, 0.1) is 0 Å². The van der Waals surface area contributed by atoms with Gasteiger partial charge in [-0.3, -0.25) is 9.59 Å². The fraction of sp³-hybridized carbons (Fsp3) is 0.333. The standard InChI is InChI=1S/C15H16N4O3/c20-13-9-11(1-6-17-13)15(21)19-7-3-12(4-8-19)22-14-2-5-16-10-18-14/h1-2,5-6,9-10,12H,3-4,7-8H2,(H,17,20). The molecule has 22 heavy (non-hydrogen) atoms. The van der Waals surface area contributed by atoms with Crippen molar-refractivity contribution in [3.8, 4) is 5.88 Å². The number of hydrogen-bond donors (Lipinski definition) is 1. The zero-order valence-electron chi connectivity index (χ0n) is 11.9. The molecule has 3 heterocycles. The monoisotopic (exact) mass is 300 g/mol. The van der Waals surface area contributed by atoms with Gasteiger partial charge in [0.05, 0.1) is 0 Å². The van der Waals surface area contributed by atoms with Crippen molar-refractivity contribution >= 4 is 5.91 Å². The summed E-state index contributed by atoms with van der Waals surface area (Å²) >= 11 is 0. The Hall–Kier alpha value is -2.70. The molecule has 7 nitrogen and oxygen atoms in total. The molecule has 3 rings (SSSR count). The number of likely N-dealkylation sites (tertiary alicyclic amines) is 1. The summed E-state index contributed by atoms with van der Waals surface area (Å²) in [5.74, 6) is 0.431. The van der Waals surface area contributed by atoms with Crippen LogP contribution in [-0.2, 0) is 0 Å². The van der Waals surface area contributed by atoms with Crippen LogP contribution in [0.2, 0.25) is 0 Å². The van der Waals surface area contributed by atoms with Gasteiger partial charge in [-0.05, 0) is 6.07 Å². The number of pyridine rings is 1. The number of piperidine rings is 1. The molecule has 0 saturated carbocycles. The number of carbonyl (C=O) groups is 1. The highest BCUT2D eigenvalue weighted by Crippen LogP contribution is 2.17. The summed E-state index contributed by atoms with van der Waals surface area (Å²) in [6.07, 6.45) is 6.07. The third-order valence-corrected chi connectivity index (χ3v) is 3.59. The lowest BCUT2D eigenvalue weighted by molar-refractivity contribution is 0.0587. The summed E-state index contributed by atoms with van der Waals surface area (Å²) in [4.78, 5) is 35.7. The van der Waals surface area contributed by atoms with Crippen LogP contribution in [0.1, 0.15) is 23.2 Å². The lowest BCUT2D eigenvalue weighted by Crippen LogP contribution is -2.42. The number of ether oxygens (including phenoxy) is 1. The SMILES string of the molecule is O=C(c1cc[nH]c(=O)c1)N1CCC(Oc2ccncn2)CC1. The van der Waals surface area contributed by atoms with E-state index in [4.69, 9.17) is 4.74 Å². The van der Waals surface area contributed by atoms with Gasteiger partial charge < -0.3 is 14.6 Å². The molecule has 1 N–H and O–H groups in total. The van der Waals surface area contributed by atoms with E-state index in [1.807, 2.05) is 0 Å². The first-order chi connectivity index (χ1) is 10.7. The second-order valence-corrected chi connectivity index (χ2v) is 5.10. The molecule has 0 radical (unpaired) electrons. The van der Waals surface area contributed by atoms with Gasteiger partial charge in [0.1, 0.15) is 12.4 Å². The quantitative estimate of drug-likeness (QED) is 0.908. The van der Waals surface area contributed by atoms with E-state index in [1.54, 1.807) is 23.2 Å². The fourth-order valence-electron chi connectivity index (χ4n) is 2.46. The molecule has 1 saturated heterocycles. The first kappa shape index (κ1) is 14.2. The number of nitrogens with one attached hydrogen (secondary N) is 1. The molecule has 1 amide bonds. The number of nitrogens with zero attached hydrogens (tertiary/aromatic N) is 3. The van der Waals surface area contributed by atoms with Crippen LogP contribution < -0.4 is 10.3 Å². The van der Waals surface area contributed by atoms with Crippen LogP contribution in [0.5, 0.6) is 5.88 Å². The largest absolute Gasteiger partial charge is 0.474 e. The van der Waals surface area contributed by atoms with E-state index < -0.39 is 0 Å². The molecule has 114 valence electrons. The molecule has 2 aromatic rings. The highest BCUT2D eigenvalue weighted by molar-refractivity contribution is 5.94. The molecular weight excluding hydrogens is 284 g/mol. The van der Waals surface area contributed by atoms with Crippen molar-refractivity contribution in [3.05, 3.63) is 52.8 Å². The molecule has 0 atom stereocenters. The average Bonchev–Trinajstić information content (AvgIpc) is 2.56.